The van der Waals surface area contributed by atoms with Crippen molar-refractivity contribution in [3.8, 4) is 11.1 Å². The maximum Gasteiger partial charge on any atom is 0.413 e. The van der Waals surface area contributed by atoms with Gasteiger partial charge in [0.1, 0.15) is 11.9 Å². The molecule has 34 heavy (non-hydrogen) atoms. The van der Waals surface area contributed by atoms with Crippen molar-refractivity contribution in [2.75, 3.05) is 36.1 Å². The summed E-state index contributed by atoms with van der Waals surface area (Å²) in [6.45, 7) is 6.14. The van der Waals surface area contributed by atoms with Crippen LogP contribution in [-0.2, 0) is 15.9 Å². The maximum atomic E-state index is 15.4. The molecule has 2 aromatic heterocycles. The van der Waals surface area contributed by atoms with Crippen molar-refractivity contribution < 1.29 is 18.7 Å². The number of nitrogens with one attached hydrogen (secondary N) is 2. The summed E-state index contributed by atoms with van der Waals surface area (Å²) < 4.78 is 26.1. The molecule has 4 N–H and O–H groups in total. The number of carbonyl (C=O) groups excluding carboxylic acids is 1. The van der Waals surface area contributed by atoms with Crippen LogP contribution in [-0.4, -0.2) is 41.9 Å². The fourth-order valence-electron chi connectivity index (χ4n) is 4.64. The van der Waals surface area contributed by atoms with E-state index in [2.05, 4.69) is 27.5 Å². The maximum absolute atomic E-state index is 15.4. The highest BCUT2D eigenvalue weighted by atomic mass is 19.1. The molecule has 9 heteroatoms. The molecule has 5 rings (SSSR count). The van der Waals surface area contributed by atoms with Crippen LogP contribution >= 0.6 is 0 Å². The summed E-state index contributed by atoms with van der Waals surface area (Å²) in [4.78, 5) is 21.1. The summed E-state index contributed by atoms with van der Waals surface area (Å²) in [6.07, 6.45) is 4.63. The van der Waals surface area contributed by atoms with Gasteiger partial charge in [-0.15, -0.1) is 0 Å². The second-order valence-corrected chi connectivity index (χ2v) is 9.09. The number of nitrogens with two attached hydrogens (primary N) is 1. The van der Waals surface area contributed by atoms with Crippen LogP contribution in [0.5, 0.6) is 0 Å². The lowest BCUT2D eigenvalue weighted by atomic mass is 9.92. The first-order chi connectivity index (χ1) is 16.4. The quantitative estimate of drug-likeness (QED) is 0.483. The summed E-state index contributed by atoms with van der Waals surface area (Å²) in [5.41, 5.74) is 10.1. The molecule has 178 valence electrons. The Kier molecular flexibility index (Phi) is 5.95. The molecule has 1 atom stereocenters. The standard InChI is InChI=1S/C25H28FN5O3/c1-13-7-20-24(30-10-13)14(2)18(11-28-20)17-8-15-9-21(29-12-19(15)23(27)22(17)26)31-25(32)34-16-3-5-33-6-4-16/h8-9,11-13,16,30H,3-7,10,27H2,1-2H3,(H,29,31,32). The molecule has 1 aromatic carbocycles. The van der Waals surface area contributed by atoms with E-state index in [9.17, 15) is 4.79 Å². The van der Waals surface area contributed by atoms with Gasteiger partial charge in [-0.1, -0.05) is 6.92 Å². The number of carbonyl (C=O) groups is 1. The van der Waals surface area contributed by atoms with Crippen LogP contribution < -0.4 is 16.4 Å². The molecule has 3 aromatic rings. The van der Waals surface area contributed by atoms with Gasteiger partial charge < -0.3 is 20.5 Å². The zero-order valence-electron chi connectivity index (χ0n) is 19.3. The van der Waals surface area contributed by atoms with E-state index in [4.69, 9.17) is 15.2 Å². The van der Waals surface area contributed by atoms with Crippen molar-refractivity contribution in [3.63, 3.8) is 0 Å². The van der Waals surface area contributed by atoms with Crippen molar-refractivity contribution in [2.24, 2.45) is 5.92 Å². The predicted molar refractivity (Wildman–Crippen MR) is 129 cm³/mol. The first-order valence-electron chi connectivity index (χ1n) is 11.6. The van der Waals surface area contributed by atoms with Crippen molar-refractivity contribution >= 4 is 34.1 Å². The second kappa shape index (κ2) is 9.06. The second-order valence-electron chi connectivity index (χ2n) is 9.09. The summed E-state index contributed by atoms with van der Waals surface area (Å²) >= 11 is 0. The summed E-state index contributed by atoms with van der Waals surface area (Å²) in [7, 11) is 0. The summed E-state index contributed by atoms with van der Waals surface area (Å²) in [5, 5.41) is 7.22. The van der Waals surface area contributed by atoms with Crippen molar-refractivity contribution in [2.45, 2.75) is 39.2 Å². The molecule has 0 radical (unpaired) electrons. The van der Waals surface area contributed by atoms with Crippen LogP contribution in [0.25, 0.3) is 21.9 Å². The van der Waals surface area contributed by atoms with E-state index in [-0.39, 0.29) is 11.8 Å². The van der Waals surface area contributed by atoms with E-state index < -0.39 is 11.9 Å². The number of nitrogen functional groups attached to an aromatic ring is 1. The van der Waals surface area contributed by atoms with Crippen molar-refractivity contribution in [1.82, 2.24) is 9.97 Å². The third kappa shape index (κ3) is 4.23. The van der Waals surface area contributed by atoms with Crippen LogP contribution in [0, 0.1) is 18.7 Å². The van der Waals surface area contributed by atoms with Crippen LogP contribution in [0.15, 0.2) is 24.5 Å². The smallest absolute Gasteiger partial charge is 0.413 e. The number of ether oxygens (including phenoxy) is 2. The van der Waals surface area contributed by atoms with Gasteiger partial charge in [0.25, 0.3) is 0 Å². The number of halogens is 1. The number of hydrogen-bond donors (Lipinski definition) is 3. The van der Waals surface area contributed by atoms with Gasteiger partial charge in [-0.2, -0.15) is 0 Å². The Hall–Kier alpha value is -3.46. The minimum Gasteiger partial charge on any atom is -0.446 e. The Bertz CT molecular complexity index is 1260. The van der Waals surface area contributed by atoms with Gasteiger partial charge in [0, 0.05) is 48.3 Å². The lowest BCUT2D eigenvalue weighted by Crippen LogP contribution is -2.28. The monoisotopic (exact) mass is 465 g/mol. The Balaban J connectivity index is 1.47. The number of pyridine rings is 2. The van der Waals surface area contributed by atoms with E-state index in [1.165, 1.54) is 6.20 Å². The number of nitrogens with zero attached hydrogens (tertiary/aromatic N) is 2. The SMILES string of the molecule is Cc1c(-c2cc3cc(NC(=O)OC4CCOCC4)ncc3c(N)c2F)cnc2c1NCC(C)C2. The molecule has 4 heterocycles. The molecule has 0 spiro atoms. The number of benzene rings is 1. The van der Waals surface area contributed by atoms with Crippen LogP contribution in [0.3, 0.4) is 0 Å². The number of hydrogen-bond acceptors (Lipinski definition) is 7. The molecule has 0 saturated carbocycles. The molecule has 1 saturated heterocycles. The van der Waals surface area contributed by atoms with Gasteiger partial charge in [0.2, 0.25) is 0 Å². The Morgan fingerprint density at radius 2 is 2.03 bits per heavy atom. The molecule has 0 bridgehead atoms. The number of aromatic nitrogens is 2. The van der Waals surface area contributed by atoms with Crippen molar-refractivity contribution in [3.05, 3.63) is 41.6 Å². The van der Waals surface area contributed by atoms with Gasteiger partial charge in [0.15, 0.2) is 5.82 Å². The first-order valence-corrected chi connectivity index (χ1v) is 11.6. The van der Waals surface area contributed by atoms with Crippen LogP contribution in [0.4, 0.5) is 26.4 Å². The molecule has 1 unspecified atom stereocenters. The van der Waals surface area contributed by atoms with E-state index in [1.54, 1.807) is 18.3 Å². The first kappa shape index (κ1) is 22.3. The van der Waals surface area contributed by atoms with Gasteiger partial charge in [0.05, 0.1) is 30.3 Å². The zero-order chi connectivity index (χ0) is 23.8. The lowest BCUT2D eigenvalue weighted by Gasteiger charge is -2.25. The number of rotatable bonds is 3. The summed E-state index contributed by atoms with van der Waals surface area (Å²) in [6, 6.07) is 3.39. The Morgan fingerprint density at radius 1 is 1.24 bits per heavy atom. The highest BCUT2D eigenvalue weighted by Gasteiger charge is 2.23. The normalized spacial score (nSPS) is 18.3. The number of amides is 1. The molecule has 0 aliphatic carbocycles. The largest absolute Gasteiger partial charge is 0.446 e. The molecule has 8 nitrogen and oxygen atoms in total. The molecule has 2 aliphatic heterocycles. The van der Waals surface area contributed by atoms with Gasteiger partial charge in [-0.25, -0.2) is 14.2 Å². The fourth-order valence-corrected chi connectivity index (χ4v) is 4.64. The van der Waals surface area contributed by atoms with E-state index in [0.29, 0.717) is 59.7 Å². The molecular weight excluding hydrogens is 437 g/mol. The predicted octanol–water partition coefficient (Wildman–Crippen LogP) is 4.66. The highest BCUT2D eigenvalue weighted by molar-refractivity contribution is 5.99. The zero-order valence-corrected chi connectivity index (χ0v) is 19.3. The van der Waals surface area contributed by atoms with Gasteiger partial charge in [-0.05, 0) is 42.3 Å². The van der Waals surface area contributed by atoms with E-state index in [0.717, 1.165) is 29.9 Å². The van der Waals surface area contributed by atoms with Crippen molar-refractivity contribution in [1.29, 1.82) is 0 Å². The van der Waals surface area contributed by atoms with Crippen LogP contribution in [0.2, 0.25) is 0 Å². The molecule has 1 fully saturated rings. The minimum atomic E-state index is -0.580. The van der Waals surface area contributed by atoms with Crippen LogP contribution in [0.1, 0.15) is 31.0 Å². The molecule has 1 amide bonds. The topological polar surface area (TPSA) is 111 Å². The average molecular weight is 466 g/mol. The third-order valence-corrected chi connectivity index (χ3v) is 6.55. The van der Waals surface area contributed by atoms with Gasteiger partial charge >= 0.3 is 6.09 Å². The Labute approximate surface area is 197 Å². The number of anilines is 3. The summed E-state index contributed by atoms with van der Waals surface area (Å²) in [5.74, 6) is 0.287. The fraction of sp³-hybridized carbons (Fsp3) is 0.400. The highest BCUT2D eigenvalue weighted by Crippen LogP contribution is 2.38. The lowest BCUT2D eigenvalue weighted by molar-refractivity contribution is 0.00590. The number of fused-ring (bicyclic) bond motifs is 2. The average Bonchev–Trinajstić information content (AvgIpc) is 2.82. The Morgan fingerprint density at radius 3 is 2.82 bits per heavy atom. The molecule has 2 aliphatic rings. The minimum absolute atomic E-state index is 0.00929. The van der Waals surface area contributed by atoms with Gasteiger partial charge in [-0.3, -0.25) is 10.3 Å². The van der Waals surface area contributed by atoms with E-state index in [1.807, 2.05) is 6.92 Å². The van der Waals surface area contributed by atoms with E-state index >= 15 is 4.39 Å². The molecular formula is C25H28FN5O3. The third-order valence-electron chi connectivity index (χ3n) is 6.55.